The van der Waals surface area contributed by atoms with Gasteiger partial charge in [-0.05, 0) is 37.3 Å². The van der Waals surface area contributed by atoms with Crippen molar-refractivity contribution in [3.05, 3.63) is 23.1 Å². The summed E-state index contributed by atoms with van der Waals surface area (Å²) in [5.74, 6) is 0. The third-order valence-electron chi connectivity index (χ3n) is 2.19. The quantitative estimate of drug-likeness (QED) is 0.393. The van der Waals surface area contributed by atoms with Crippen LogP contribution in [0.15, 0.2) is 23.1 Å². The minimum Gasteiger partial charge on any atom is -0.0747 e. The zero-order valence-corrected chi connectivity index (χ0v) is 10.0. The fraction of sp³-hybridized carbons (Fsp3) is 0.714. The van der Waals surface area contributed by atoms with Crippen molar-refractivity contribution < 1.29 is 0 Å². The van der Waals surface area contributed by atoms with Gasteiger partial charge in [-0.2, -0.15) is 0 Å². The van der Waals surface area contributed by atoms with E-state index in [9.17, 15) is 0 Å². The van der Waals surface area contributed by atoms with E-state index in [1.807, 2.05) is 0 Å². The van der Waals surface area contributed by atoms with Crippen molar-refractivity contribution >= 4 is 0 Å². The van der Waals surface area contributed by atoms with E-state index in [4.69, 9.17) is 0 Å². The van der Waals surface area contributed by atoms with E-state index in [1.54, 1.807) is 0 Å². The second kappa shape index (κ2) is 10.4. The van der Waals surface area contributed by atoms with Crippen LogP contribution in [-0.2, 0) is 0 Å². The molecule has 0 aromatic carbocycles. The Labute approximate surface area is 89.4 Å². The average molecular weight is 192 g/mol. The van der Waals surface area contributed by atoms with Crippen LogP contribution in [0, 0.1) is 0 Å². The maximum Gasteiger partial charge on any atom is -0.0199 e. The van der Waals surface area contributed by atoms with Crippen LogP contribution in [0.4, 0.5) is 0 Å². The lowest BCUT2D eigenvalue weighted by atomic mass is 10.0. The molecule has 0 rings (SSSR count). The average Bonchev–Trinajstić information content (AvgIpc) is 2.18. The Morgan fingerprint density at radius 1 is 1.00 bits per heavy atom. The number of allylic oxidation sites excluding steroid dienone is 2. The van der Waals surface area contributed by atoms with Crippen molar-refractivity contribution in [2.24, 2.45) is 0 Å². The molecule has 0 bridgehead atoms. The summed E-state index contributed by atoms with van der Waals surface area (Å²) in [7, 11) is 0. The van der Waals surface area contributed by atoms with Crippen LogP contribution < -0.4 is 0 Å². The third-order valence-corrected chi connectivity index (χ3v) is 2.19. The predicted octanol–water partition coefficient (Wildman–Crippen LogP) is 5.01. The Bertz CT molecular complexity index is 210. The lowest BCUT2D eigenvalue weighted by molar-refractivity contribution is 0.692. The first-order chi connectivity index (χ1) is 6.85. The van der Waals surface area contributed by atoms with Gasteiger partial charge < -0.3 is 0 Å². The monoisotopic (exact) mass is 192 g/mol. The molecule has 0 amide bonds. The van der Waals surface area contributed by atoms with Crippen LogP contribution in [-0.4, -0.2) is 0 Å². The van der Waals surface area contributed by atoms with Crippen molar-refractivity contribution in [3.63, 3.8) is 0 Å². The highest BCUT2D eigenvalue weighted by Crippen LogP contribution is 2.12. The van der Waals surface area contributed by atoms with Gasteiger partial charge in [-0.15, -0.1) is 0 Å². The second-order valence-corrected chi connectivity index (χ2v) is 3.69. The predicted molar refractivity (Wildman–Crippen MR) is 64.5 cm³/mol. The Hall–Kier alpha value is -0.700. The molecule has 14 heavy (non-hydrogen) atoms. The molecule has 0 radical (unpaired) electrons. The Morgan fingerprint density at radius 2 is 1.79 bits per heavy atom. The third kappa shape index (κ3) is 7.92. The molecule has 0 nitrogen and oxygen atoms in total. The van der Waals surface area contributed by atoms with Crippen molar-refractivity contribution in [1.29, 1.82) is 0 Å². The molecule has 0 aliphatic rings. The lowest BCUT2D eigenvalue weighted by Gasteiger charge is -2.00. The van der Waals surface area contributed by atoms with E-state index in [0.29, 0.717) is 0 Å². The van der Waals surface area contributed by atoms with Crippen LogP contribution in [0.25, 0.3) is 0 Å². The first-order valence-corrected chi connectivity index (χ1v) is 6.03. The smallest absolute Gasteiger partial charge is 0.0199 e. The molecule has 0 unspecified atom stereocenters. The molecule has 0 saturated heterocycles. The van der Waals surface area contributed by atoms with Crippen molar-refractivity contribution in [2.45, 2.75) is 65.7 Å². The van der Waals surface area contributed by atoms with Gasteiger partial charge >= 0.3 is 0 Å². The van der Waals surface area contributed by atoms with Gasteiger partial charge in [0.25, 0.3) is 0 Å². The van der Waals surface area contributed by atoms with Gasteiger partial charge in [-0.3, -0.25) is 0 Å². The van der Waals surface area contributed by atoms with Crippen molar-refractivity contribution in [3.8, 4) is 0 Å². The minimum absolute atomic E-state index is 1.06. The molecule has 0 N–H and O–H groups in total. The van der Waals surface area contributed by atoms with Crippen LogP contribution in [0.5, 0.6) is 0 Å². The molecule has 0 aromatic heterocycles. The number of rotatable bonds is 7. The van der Waals surface area contributed by atoms with Crippen molar-refractivity contribution in [1.82, 2.24) is 0 Å². The summed E-state index contributed by atoms with van der Waals surface area (Å²) in [5.41, 5.74) is 7.88. The highest BCUT2D eigenvalue weighted by atomic mass is 14.0. The summed E-state index contributed by atoms with van der Waals surface area (Å²) < 4.78 is 0. The molecule has 0 heteroatoms. The van der Waals surface area contributed by atoms with Crippen LogP contribution in [0.1, 0.15) is 65.7 Å². The SMILES string of the molecule is CCC=C=C=C(CCC)CCCCC. The molecule has 0 saturated carbocycles. The van der Waals surface area contributed by atoms with Crippen LogP contribution in [0.3, 0.4) is 0 Å². The highest BCUT2D eigenvalue weighted by molar-refractivity contribution is 5.01. The zero-order valence-electron chi connectivity index (χ0n) is 10.0. The fourth-order valence-electron chi connectivity index (χ4n) is 1.40. The minimum atomic E-state index is 1.06. The standard InChI is InChI=1S/C14H24/c1-4-7-9-12-14(11-6-3)13-10-8-5-2/h7H,4-6,8,10-11,13H2,1-3H3. The normalized spacial score (nSPS) is 9.07. The summed E-state index contributed by atoms with van der Waals surface area (Å²) in [4.78, 5) is 0. The van der Waals surface area contributed by atoms with E-state index in [0.717, 1.165) is 6.42 Å². The molecule has 0 atom stereocenters. The molecule has 0 spiro atoms. The fourth-order valence-corrected chi connectivity index (χ4v) is 1.40. The summed E-state index contributed by atoms with van der Waals surface area (Å²) in [6, 6.07) is 0. The zero-order chi connectivity index (χ0) is 10.6. The molecule has 0 aromatic rings. The van der Waals surface area contributed by atoms with E-state index in [-0.39, 0.29) is 0 Å². The Balaban J connectivity index is 4.13. The van der Waals surface area contributed by atoms with Gasteiger partial charge in [-0.1, -0.05) is 51.5 Å². The highest BCUT2D eigenvalue weighted by Gasteiger charge is 1.94. The molecular formula is C14H24. The summed E-state index contributed by atoms with van der Waals surface area (Å²) in [6.45, 7) is 6.60. The molecule has 0 heterocycles. The van der Waals surface area contributed by atoms with E-state index < -0.39 is 0 Å². The van der Waals surface area contributed by atoms with E-state index in [1.165, 1.54) is 44.1 Å². The van der Waals surface area contributed by atoms with Gasteiger partial charge in [0.2, 0.25) is 0 Å². The maximum atomic E-state index is 3.29. The number of hydrogen-bond donors (Lipinski definition) is 0. The lowest BCUT2D eigenvalue weighted by Crippen LogP contribution is -1.82. The van der Waals surface area contributed by atoms with Gasteiger partial charge in [-0.25, -0.2) is 0 Å². The van der Waals surface area contributed by atoms with Crippen LogP contribution >= 0.6 is 0 Å². The largest absolute Gasteiger partial charge is 0.0747 e. The van der Waals surface area contributed by atoms with E-state index >= 15 is 0 Å². The summed E-state index contributed by atoms with van der Waals surface area (Å²) >= 11 is 0. The first-order valence-electron chi connectivity index (χ1n) is 6.03. The summed E-state index contributed by atoms with van der Waals surface area (Å²) in [6.07, 6.45) is 10.7. The number of hydrogen-bond acceptors (Lipinski definition) is 0. The topological polar surface area (TPSA) is 0 Å². The second-order valence-electron chi connectivity index (χ2n) is 3.69. The van der Waals surface area contributed by atoms with E-state index in [2.05, 4.69) is 38.3 Å². The maximum absolute atomic E-state index is 3.29. The molecule has 80 valence electrons. The molecule has 0 aliphatic heterocycles. The Kier molecular flexibility index (Phi) is 9.86. The van der Waals surface area contributed by atoms with Gasteiger partial charge in [0.15, 0.2) is 0 Å². The Morgan fingerprint density at radius 3 is 2.36 bits per heavy atom. The van der Waals surface area contributed by atoms with Gasteiger partial charge in [0.05, 0.1) is 0 Å². The van der Waals surface area contributed by atoms with Gasteiger partial charge in [0, 0.05) is 0 Å². The number of unbranched alkanes of at least 4 members (excludes halogenated alkanes) is 2. The molecule has 0 aliphatic carbocycles. The summed E-state index contributed by atoms with van der Waals surface area (Å²) in [5, 5.41) is 0. The van der Waals surface area contributed by atoms with Crippen molar-refractivity contribution in [2.75, 3.05) is 0 Å². The first kappa shape index (κ1) is 13.3. The molecular weight excluding hydrogens is 168 g/mol. The van der Waals surface area contributed by atoms with Crippen LogP contribution in [0.2, 0.25) is 0 Å². The molecule has 0 fully saturated rings. The van der Waals surface area contributed by atoms with Gasteiger partial charge in [0.1, 0.15) is 0 Å².